The predicted octanol–water partition coefficient (Wildman–Crippen LogP) is 1.45. The van der Waals surface area contributed by atoms with Crippen molar-refractivity contribution in [1.82, 2.24) is 0 Å². The number of hydrogen-bond donors (Lipinski definition) is 2. The highest BCUT2D eigenvalue weighted by Crippen LogP contribution is 2.03. The molecular formula is C9H16O4S2. The van der Waals surface area contributed by atoms with Gasteiger partial charge in [-0.3, -0.25) is 9.59 Å². The number of hydrogen-bond acceptors (Lipinski definition) is 6. The molecule has 0 aliphatic carbocycles. The molecular weight excluding hydrogens is 236 g/mol. The Morgan fingerprint density at radius 1 is 1.00 bits per heavy atom. The molecule has 0 aromatic rings. The Balaban J connectivity index is 3.53. The van der Waals surface area contributed by atoms with E-state index >= 15 is 0 Å². The van der Waals surface area contributed by atoms with Crippen LogP contribution in [0, 0.1) is 0 Å². The van der Waals surface area contributed by atoms with Crippen LogP contribution < -0.4 is 0 Å². The van der Waals surface area contributed by atoms with Gasteiger partial charge < -0.3 is 9.47 Å². The van der Waals surface area contributed by atoms with E-state index in [2.05, 4.69) is 34.7 Å². The largest absolute Gasteiger partial charge is 0.428 e. The molecule has 2 unspecified atom stereocenters. The van der Waals surface area contributed by atoms with Gasteiger partial charge in [0.1, 0.15) is 0 Å². The summed E-state index contributed by atoms with van der Waals surface area (Å²) in [5.74, 6) is -0.853. The zero-order valence-corrected chi connectivity index (χ0v) is 10.6. The third-order valence-corrected chi connectivity index (χ3v) is 1.73. The van der Waals surface area contributed by atoms with E-state index in [9.17, 15) is 9.59 Å². The lowest BCUT2D eigenvalue weighted by molar-refractivity contribution is -0.166. The topological polar surface area (TPSA) is 52.6 Å². The lowest BCUT2D eigenvalue weighted by Crippen LogP contribution is -2.16. The molecule has 0 aliphatic heterocycles. The highest BCUT2D eigenvalue weighted by atomic mass is 32.1. The second-order valence-corrected chi connectivity index (χ2v) is 5.02. The van der Waals surface area contributed by atoms with Gasteiger partial charge in [0.15, 0.2) is 0 Å². The van der Waals surface area contributed by atoms with Crippen molar-refractivity contribution < 1.29 is 19.1 Å². The summed E-state index contributed by atoms with van der Waals surface area (Å²) in [4.78, 5) is 22.0. The second kappa shape index (κ2) is 7.87. The molecule has 0 bridgehead atoms. The Hall–Kier alpha value is -0.360. The van der Waals surface area contributed by atoms with Gasteiger partial charge >= 0.3 is 11.9 Å². The van der Waals surface area contributed by atoms with Crippen molar-refractivity contribution in [3.8, 4) is 0 Å². The van der Waals surface area contributed by atoms with Crippen LogP contribution in [0.1, 0.15) is 26.7 Å². The molecule has 0 rings (SSSR count). The van der Waals surface area contributed by atoms with E-state index in [1.807, 2.05) is 0 Å². The zero-order valence-electron chi connectivity index (χ0n) is 8.80. The quantitative estimate of drug-likeness (QED) is 0.427. The first-order valence-electron chi connectivity index (χ1n) is 4.59. The van der Waals surface area contributed by atoms with E-state index in [0.717, 1.165) is 0 Å². The molecule has 0 saturated heterocycles. The fourth-order valence-corrected chi connectivity index (χ4v) is 1.06. The summed E-state index contributed by atoms with van der Waals surface area (Å²) < 4.78 is 9.30. The van der Waals surface area contributed by atoms with Crippen molar-refractivity contribution in [1.29, 1.82) is 0 Å². The molecule has 0 saturated carbocycles. The van der Waals surface area contributed by atoms with Gasteiger partial charge in [0, 0.05) is 10.5 Å². The summed E-state index contributed by atoms with van der Waals surface area (Å²) in [5, 5.41) is -0.128. The highest BCUT2D eigenvalue weighted by molar-refractivity contribution is 7.81. The van der Waals surface area contributed by atoms with Crippen LogP contribution in [-0.4, -0.2) is 29.2 Å². The van der Waals surface area contributed by atoms with E-state index < -0.39 is 11.9 Å². The number of thiol groups is 2. The Morgan fingerprint density at radius 2 is 1.33 bits per heavy atom. The summed E-state index contributed by atoms with van der Waals surface area (Å²) in [6, 6.07) is 0. The Bertz CT molecular complexity index is 194. The van der Waals surface area contributed by atoms with Crippen molar-refractivity contribution in [3.63, 3.8) is 0 Å². The highest BCUT2D eigenvalue weighted by Gasteiger charge is 2.09. The Morgan fingerprint density at radius 3 is 1.60 bits per heavy atom. The minimum atomic E-state index is -0.427. The van der Waals surface area contributed by atoms with Crippen molar-refractivity contribution in [2.24, 2.45) is 0 Å². The summed E-state index contributed by atoms with van der Waals surface area (Å²) in [6.45, 7) is 3.22. The van der Waals surface area contributed by atoms with Crippen molar-refractivity contribution in [2.45, 2.75) is 37.2 Å². The maximum Gasteiger partial charge on any atom is 0.309 e. The molecule has 0 aromatic carbocycles. The number of esters is 2. The predicted molar refractivity (Wildman–Crippen MR) is 63.2 cm³/mol. The fourth-order valence-electron chi connectivity index (χ4n) is 0.761. The third kappa shape index (κ3) is 9.93. The third-order valence-electron chi connectivity index (χ3n) is 1.36. The smallest absolute Gasteiger partial charge is 0.309 e. The molecule has 0 spiro atoms. The van der Waals surface area contributed by atoms with E-state index in [1.54, 1.807) is 13.8 Å². The average Bonchev–Trinajstić information content (AvgIpc) is 2.00. The SMILES string of the molecule is CC(S)CC(=O)OCOC(=O)CC(C)S. The molecule has 0 aliphatic rings. The van der Waals surface area contributed by atoms with Gasteiger partial charge in [0.25, 0.3) is 0 Å². The maximum atomic E-state index is 11.0. The van der Waals surface area contributed by atoms with Gasteiger partial charge in [-0.2, -0.15) is 25.3 Å². The van der Waals surface area contributed by atoms with Crippen LogP contribution in [0.5, 0.6) is 0 Å². The lowest BCUT2D eigenvalue weighted by Gasteiger charge is -2.08. The molecule has 4 nitrogen and oxygen atoms in total. The van der Waals surface area contributed by atoms with Gasteiger partial charge in [-0.25, -0.2) is 0 Å². The molecule has 0 N–H and O–H groups in total. The van der Waals surface area contributed by atoms with E-state index in [1.165, 1.54) is 0 Å². The molecule has 2 atom stereocenters. The molecule has 0 amide bonds. The zero-order chi connectivity index (χ0) is 11.8. The Kier molecular flexibility index (Phi) is 7.68. The molecule has 6 heteroatoms. The monoisotopic (exact) mass is 252 g/mol. The first-order valence-corrected chi connectivity index (χ1v) is 5.62. The van der Waals surface area contributed by atoms with Crippen LogP contribution >= 0.6 is 25.3 Å². The van der Waals surface area contributed by atoms with Crippen LogP contribution in [0.4, 0.5) is 0 Å². The van der Waals surface area contributed by atoms with Crippen molar-refractivity contribution in [2.75, 3.05) is 6.79 Å². The first kappa shape index (κ1) is 14.6. The van der Waals surface area contributed by atoms with E-state index in [-0.39, 0.29) is 30.1 Å². The van der Waals surface area contributed by atoms with Gasteiger partial charge in [0.05, 0.1) is 12.8 Å². The number of carbonyl (C=O) groups excluding carboxylic acids is 2. The number of carbonyl (C=O) groups is 2. The lowest BCUT2D eigenvalue weighted by atomic mass is 10.3. The molecule has 88 valence electrons. The van der Waals surface area contributed by atoms with Crippen LogP contribution in [0.3, 0.4) is 0 Å². The summed E-state index contributed by atoms with van der Waals surface area (Å²) in [5.41, 5.74) is 0. The minimum absolute atomic E-state index is 0.0642. The summed E-state index contributed by atoms with van der Waals surface area (Å²) in [7, 11) is 0. The standard InChI is InChI=1S/C9H16O4S2/c1-6(14)3-8(10)12-5-13-9(11)4-7(2)15/h6-7,14-15H,3-5H2,1-2H3. The van der Waals surface area contributed by atoms with E-state index in [0.29, 0.717) is 0 Å². The molecule has 0 fully saturated rings. The first-order chi connectivity index (χ1) is 6.91. The minimum Gasteiger partial charge on any atom is -0.428 e. The fraction of sp³-hybridized carbons (Fsp3) is 0.778. The molecule has 0 heterocycles. The van der Waals surface area contributed by atoms with Gasteiger partial charge in [0.2, 0.25) is 6.79 Å². The molecule has 0 radical (unpaired) electrons. The van der Waals surface area contributed by atoms with E-state index in [4.69, 9.17) is 0 Å². The van der Waals surface area contributed by atoms with Crippen molar-refractivity contribution in [3.05, 3.63) is 0 Å². The van der Waals surface area contributed by atoms with Gasteiger partial charge in [-0.15, -0.1) is 0 Å². The van der Waals surface area contributed by atoms with Crippen LogP contribution in [0.25, 0.3) is 0 Å². The maximum absolute atomic E-state index is 11.0. The number of rotatable bonds is 6. The summed E-state index contributed by atoms with van der Waals surface area (Å²) in [6.07, 6.45) is 0.396. The molecule has 0 aromatic heterocycles. The van der Waals surface area contributed by atoms with Crippen LogP contribution in [0.15, 0.2) is 0 Å². The Labute approximate surface area is 101 Å². The van der Waals surface area contributed by atoms with Gasteiger partial charge in [-0.05, 0) is 0 Å². The normalized spacial score (nSPS) is 14.1. The second-order valence-electron chi connectivity index (χ2n) is 3.26. The van der Waals surface area contributed by atoms with Gasteiger partial charge in [-0.1, -0.05) is 13.8 Å². The van der Waals surface area contributed by atoms with Crippen molar-refractivity contribution >= 4 is 37.2 Å². The summed E-state index contributed by atoms with van der Waals surface area (Å²) >= 11 is 8.05. The molecule has 15 heavy (non-hydrogen) atoms. The average molecular weight is 252 g/mol. The number of ether oxygens (including phenoxy) is 2. The van der Waals surface area contributed by atoms with Crippen LogP contribution in [-0.2, 0) is 19.1 Å². The van der Waals surface area contributed by atoms with Crippen LogP contribution in [0.2, 0.25) is 0 Å².